The first-order valence-corrected chi connectivity index (χ1v) is 14.3. The molecule has 0 unspecified atom stereocenters. The van der Waals surface area contributed by atoms with Crippen LogP contribution < -0.4 is 0 Å². The lowest BCUT2D eigenvalue weighted by atomic mass is 9.98. The van der Waals surface area contributed by atoms with Crippen LogP contribution >= 0.6 is 0 Å². The zero-order chi connectivity index (χ0) is 28.6. The molecule has 202 valence electrons. The van der Waals surface area contributed by atoms with E-state index in [0.29, 0.717) is 17.5 Å². The van der Waals surface area contributed by atoms with E-state index in [1.54, 1.807) is 0 Å². The van der Waals surface area contributed by atoms with Crippen molar-refractivity contribution in [3.8, 4) is 56.6 Å². The quantitative estimate of drug-likeness (QED) is 0.214. The Morgan fingerprint density at radius 1 is 0.349 bits per heavy atom. The number of aromatic nitrogens is 3. The summed E-state index contributed by atoms with van der Waals surface area (Å²) in [5, 5.41) is 3.31. The van der Waals surface area contributed by atoms with Crippen LogP contribution in [0.4, 0.5) is 0 Å². The van der Waals surface area contributed by atoms with Crippen LogP contribution in [0, 0.1) is 0 Å². The van der Waals surface area contributed by atoms with E-state index in [2.05, 4.69) is 72.8 Å². The van der Waals surface area contributed by atoms with E-state index < -0.39 is 0 Å². The van der Waals surface area contributed by atoms with Crippen molar-refractivity contribution in [3.05, 3.63) is 152 Å². The van der Waals surface area contributed by atoms with Gasteiger partial charge in [-0.2, -0.15) is 0 Å². The number of hydrogen-bond donors (Lipinski definition) is 0. The molecule has 4 heteroatoms. The smallest absolute Gasteiger partial charge is 0.164 e. The third-order valence-corrected chi connectivity index (χ3v) is 7.71. The molecule has 0 N–H and O–H groups in total. The molecular formula is C39H25N3O. The Bertz CT molecular complexity index is 2170. The van der Waals surface area contributed by atoms with E-state index in [-0.39, 0.29) is 0 Å². The molecule has 43 heavy (non-hydrogen) atoms. The molecule has 8 aromatic rings. The number of fused-ring (bicyclic) bond motifs is 3. The molecule has 0 saturated carbocycles. The summed E-state index contributed by atoms with van der Waals surface area (Å²) in [6.07, 6.45) is 0. The Kier molecular flexibility index (Phi) is 6.08. The molecule has 0 amide bonds. The first-order valence-electron chi connectivity index (χ1n) is 14.3. The van der Waals surface area contributed by atoms with Crippen molar-refractivity contribution in [2.75, 3.05) is 0 Å². The van der Waals surface area contributed by atoms with Gasteiger partial charge in [0.1, 0.15) is 11.3 Å². The van der Waals surface area contributed by atoms with E-state index in [0.717, 1.165) is 60.9 Å². The molecule has 0 fully saturated rings. The molecule has 4 nitrogen and oxygen atoms in total. The summed E-state index contributed by atoms with van der Waals surface area (Å²) in [7, 11) is 0. The van der Waals surface area contributed by atoms with Crippen LogP contribution in [0.5, 0.6) is 0 Å². The van der Waals surface area contributed by atoms with Crippen molar-refractivity contribution in [1.82, 2.24) is 15.0 Å². The number of furan rings is 1. The van der Waals surface area contributed by atoms with Gasteiger partial charge in [0, 0.05) is 33.0 Å². The monoisotopic (exact) mass is 551 g/mol. The van der Waals surface area contributed by atoms with Crippen LogP contribution in [0.25, 0.3) is 78.4 Å². The maximum atomic E-state index is 6.43. The van der Waals surface area contributed by atoms with Gasteiger partial charge in [0.2, 0.25) is 0 Å². The Labute approximate surface area is 249 Å². The number of nitrogens with zero attached hydrogens (tertiary/aromatic N) is 3. The van der Waals surface area contributed by atoms with Crippen LogP contribution in [0.1, 0.15) is 0 Å². The van der Waals surface area contributed by atoms with Crippen LogP contribution in [0.2, 0.25) is 0 Å². The van der Waals surface area contributed by atoms with Gasteiger partial charge in [0.15, 0.2) is 17.5 Å². The average molecular weight is 552 g/mol. The maximum absolute atomic E-state index is 6.43. The maximum Gasteiger partial charge on any atom is 0.164 e. The standard InChI is InChI=1S/C39H25N3O/c1-4-11-27(12-5-1)35-25-32-22-20-26-19-21-31(24-34(26)36(32)43-35)30-17-10-18-33(23-30)39-41-37(28-13-6-2-7-14-28)40-38(42-39)29-15-8-3-9-16-29/h1-25H. The first-order chi connectivity index (χ1) is 21.3. The van der Waals surface area contributed by atoms with E-state index in [9.17, 15) is 0 Å². The minimum absolute atomic E-state index is 0.635. The van der Waals surface area contributed by atoms with Gasteiger partial charge in [0.25, 0.3) is 0 Å². The van der Waals surface area contributed by atoms with Crippen molar-refractivity contribution in [3.63, 3.8) is 0 Å². The lowest BCUT2D eigenvalue weighted by molar-refractivity contribution is 0.635. The fourth-order valence-electron chi connectivity index (χ4n) is 5.52. The molecule has 2 heterocycles. The fourth-order valence-corrected chi connectivity index (χ4v) is 5.52. The van der Waals surface area contributed by atoms with Gasteiger partial charge in [-0.1, -0.05) is 133 Å². The Morgan fingerprint density at radius 2 is 0.837 bits per heavy atom. The largest absolute Gasteiger partial charge is 0.455 e. The molecule has 0 aliphatic carbocycles. The number of benzene rings is 6. The van der Waals surface area contributed by atoms with E-state index >= 15 is 0 Å². The molecule has 0 spiro atoms. The summed E-state index contributed by atoms with van der Waals surface area (Å²) < 4.78 is 6.43. The topological polar surface area (TPSA) is 51.8 Å². The summed E-state index contributed by atoms with van der Waals surface area (Å²) in [5.74, 6) is 2.80. The van der Waals surface area contributed by atoms with Gasteiger partial charge in [-0.25, -0.2) is 15.0 Å². The van der Waals surface area contributed by atoms with E-state index in [1.165, 1.54) is 0 Å². The van der Waals surface area contributed by atoms with Gasteiger partial charge < -0.3 is 4.42 Å². The second-order valence-electron chi connectivity index (χ2n) is 10.5. The van der Waals surface area contributed by atoms with Crippen molar-refractivity contribution in [1.29, 1.82) is 0 Å². The zero-order valence-electron chi connectivity index (χ0n) is 23.2. The predicted molar refractivity (Wildman–Crippen MR) is 174 cm³/mol. The summed E-state index contributed by atoms with van der Waals surface area (Å²) >= 11 is 0. The van der Waals surface area contributed by atoms with Crippen LogP contribution in [0.15, 0.2) is 156 Å². The third-order valence-electron chi connectivity index (χ3n) is 7.71. The lowest BCUT2D eigenvalue weighted by Gasteiger charge is -2.10. The van der Waals surface area contributed by atoms with Crippen molar-refractivity contribution in [2.24, 2.45) is 0 Å². The predicted octanol–water partition coefficient (Wildman–Crippen LogP) is 10.1. The van der Waals surface area contributed by atoms with Gasteiger partial charge >= 0.3 is 0 Å². The Hall–Kier alpha value is -5.87. The first kappa shape index (κ1) is 24.9. The second-order valence-corrected chi connectivity index (χ2v) is 10.5. The molecule has 0 bridgehead atoms. The number of hydrogen-bond acceptors (Lipinski definition) is 4. The summed E-state index contributed by atoms with van der Waals surface area (Å²) in [5.41, 5.74) is 6.97. The van der Waals surface area contributed by atoms with Crippen molar-refractivity contribution in [2.45, 2.75) is 0 Å². The minimum atomic E-state index is 0.635. The molecule has 0 aliphatic rings. The van der Waals surface area contributed by atoms with Crippen LogP contribution in [-0.4, -0.2) is 15.0 Å². The molecule has 0 aliphatic heterocycles. The highest BCUT2D eigenvalue weighted by atomic mass is 16.3. The minimum Gasteiger partial charge on any atom is -0.455 e. The van der Waals surface area contributed by atoms with Crippen molar-refractivity contribution < 1.29 is 4.42 Å². The highest BCUT2D eigenvalue weighted by molar-refractivity contribution is 6.07. The Balaban J connectivity index is 1.24. The molecule has 0 radical (unpaired) electrons. The SMILES string of the molecule is c1ccc(-c2nc(-c3ccccc3)nc(-c3cccc(-c4ccc5ccc6cc(-c7ccccc7)oc6c5c4)c3)n2)cc1. The highest BCUT2D eigenvalue weighted by Gasteiger charge is 2.14. The average Bonchev–Trinajstić information content (AvgIpc) is 3.54. The zero-order valence-corrected chi connectivity index (χ0v) is 23.2. The molecule has 0 saturated heterocycles. The fraction of sp³-hybridized carbons (Fsp3) is 0. The van der Waals surface area contributed by atoms with Gasteiger partial charge in [-0.05, 0) is 34.7 Å². The van der Waals surface area contributed by atoms with Gasteiger partial charge in [-0.3, -0.25) is 0 Å². The summed E-state index contributed by atoms with van der Waals surface area (Å²) in [6, 6.07) is 51.6. The summed E-state index contributed by atoms with van der Waals surface area (Å²) in [4.78, 5) is 14.7. The second kappa shape index (κ2) is 10.5. The summed E-state index contributed by atoms with van der Waals surface area (Å²) in [6.45, 7) is 0. The lowest BCUT2D eigenvalue weighted by Crippen LogP contribution is -2.00. The molecule has 6 aromatic carbocycles. The van der Waals surface area contributed by atoms with Gasteiger partial charge in [-0.15, -0.1) is 0 Å². The third kappa shape index (κ3) is 4.75. The molecule has 0 atom stereocenters. The van der Waals surface area contributed by atoms with E-state index in [4.69, 9.17) is 19.4 Å². The van der Waals surface area contributed by atoms with Crippen molar-refractivity contribution >= 4 is 21.7 Å². The molecule has 8 rings (SSSR count). The van der Waals surface area contributed by atoms with Crippen LogP contribution in [-0.2, 0) is 0 Å². The highest BCUT2D eigenvalue weighted by Crippen LogP contribution is 2.36. The molecule has 2 aromatic heterocycles. The normalized spacial score (nSPS) is 11.3. The van der Waals surface area contributed by atoms with Crippen LogP contribution in [0.3, 0.4) is 0 Å². The number of rotatable bonds is 5. The molecular weight excluding hydrogens is 526 g/mol. The Morgan fingerprint density at radius 3 is 1.49 bits per heavy atom. The van der Waals surface area contributed by atoms with E-state index in [1.807, 2.05) is 78.9 Å². The van der Waals surface area contributed by atoms with Gasteiger partial charge in [0.05, 0.1) is 0 Å².